The number of aromatic hydroxyl groups is 2. The first-order valence-corrected chi connectivity index (χ1v) is 10.7. The van der Waals surface area contributed by atoms with Gasteiger partial charge in [0.2, 0.25) is 0 Å². The maximum atomic E-state index is 10.2. The van der Waals surface area contributed by atoms with Crippen LogP contribution in [0.5, 0.6) is 23.0 Å². The lowest BCUT2D eigenvalue weighted by Gasteiger charge is -2.06. The molecule has 2 N–H and O–H groups in total. The third-order valence-electron chi connectivity index (χ3n) is 4.50. The number of phenolic OH excluding ortho intramolecular Hbond substituents is 2. The molecule has 0 bridgehead atoms. The number of rotatable bonds is 10. The fraction of sp³-hybridized carbons (Fsp3) is 0.231. The van der Waals surface area contributed by atoms with Crippen molar-refractivity contribution < 1.29 is 19.7 Å². The van der Waals surface area contributed by atoms with Gasteiger partial charge < -0.3 is 19.7 Å². The molecule has 0 radical (unpaired) electrons. The van der Waals surface area contributed by atoms with Crippen LogP contribution in [-0.2, 0) is 0 Å². The Balaban J connectivity index is 1.63. The summed E-state index contributed by atoms with van der Waals surface area (Å²) in [5, 5.41) is 20.3. The van der Waals surface area contributed by atoms with Crippen LogP contribution in [0.4, 0.5) is 11.4 Å². The van der Waals surface area contributed by atoms with Crippen molar-refractivity contribution in [3.63, 3.8) is 0 Å². The molecule has 32 heavy (non-hydrogen) atoms. The van der Waals surface area contributed by atoms with Crippen LogP contribution >= 0.6 is 0 Å². The lowest BCUT2D eigenvalue weighted by molar-refractivity contribution is 0.315. The lowest BCUT2D eigenvalue weighted by atomic mass is 10.2. The molecule has 0 heterocycles. The van der Waals surface area contributed by atoms with Gasteiger partial charge in [-0.3, -0.25) is 9.98 Å². The maximum Gasteiger partial charge on any atom is 0.128 e. The monoisotopic (exact) mass is 432 g/mol. The van der Waals surface area contributed by atoms with Gasteiger partial charge in [-0.05, 0) is 61.4 Å². The van der Waals surface area contributed by atoms with Crippen LogP contribution in [0, 0.1) is 0 Å². The first kappa shape index (κ1) is 22.9. The Morgan fingerprint density at radius 2 is 1.06 bits per heavy atom. The number of phenols is 2. The summed E-state index contributed by atoms with van der Waals surface area (Å²) < 4.78 is 11.0. The van der Waals surface area contributed by atoms with Crippen LogP contribution in [0.15, 0.2) is 70.6 Å². The minimum absolute atomic E-state index is 0.120. The Morgan fingerprint density at radius 3 is 1.41 bits per heavy atom. The molecule has 0 aromatic heterocycles. The van der Waals surface area contributed by atoms with Gasteiger partial charge in [-0.25, -0.2) is 0 Å². The van der Waals surface area contributed by atoms with Crippen molar-refractivity contribution in [2.75, 3.05) is 13.2 Å². The molecule has 0 amide bonds. The van der Waals surface area contributed by atoms with Gasteiger partial charge in [0.05, 0.1) is 24.6 Å². The van der Waals surface area contributed by atoms with E-state index in [4.69, 9.17) is 9.47 Å². The molecule has 3 rings (SSSR count). The highest BCUT2D eigenvalue weighted by Gasteiger charge is 2.03. The molecule has 0 fully saturated rings. The number of nitrogens with zero attached hydrogens (tertiary/aromatic N) is 2. The van der Waals surface area contributed by atoms with E-state index in [-0.39, 0.29) is 11.5 Å². The van der Waals surface area contributed by atoms with Crippen molar-refractivity contribution >= 4 is 23.8 Å². The molecular formula is C26H28N2O4. The zero-order valence-corrected chi connectivity index (χ0v) is 18.4. The van der Waals surface area contributed by atoms with Gasteiger partial charge in [0, 0.05) is 35.7 Å². The first-order chi connectivity index (χ1) is 15.6. The summed E-state index contributed by atoms with van der Waals surface area (Å²) in [7, 11) is 0. The van der Waals surface area contributed by atoms with E-state index >= 15 is 0 Å². The van der Waals surface area contributed by atoms with E-state index in [9.17, 15) is 10.2 Å². The van der Waals surface area contributed by atoms with Gasteiger partial charge in [0.15, 0.2) is 0 Å². The number of hydrogen-bond acceptors (Lipinski definition) is 6. The largest absolute Gasteiger partial charge is 0.507 e. The summed E-state index contributed by atoms with van der Waals surface area (Å²) in [4.78, 5) is 8.81. The zero-order chi connectivity index (χ0) is 22.8. The van der Waals surface area contributed by atoms with E-state index in [1.54, 1.807) is 36.7 Å². The van der Waals surface area contributed by atoms with Crippen LogP contribution < -0.4 is 9.47 Å². The highest BCUT2D eigenvalue weighted by atomic mass is 16.5. The Bertz CT molecular complexity index is 989. The molecule has 0 saturated heterocycles. The van der Waals surface area contributed by atoms with Gasteiger partial charge in [-0.15, -0.1) is 0 Å². The molecule has 0 atom stereocenters. The summed E-state index contributed by atoms with van der Waals surface area (Å²) in [5.74, 6) is 1.51. The van der Waals surface area contributed by atoms with Crippen molar-refractivity contribution in [3.05, 3.63) is 71.8 Å². The van der Waals surface area contributed by atoms with Crippen LogP contribution in [-0.4, -0.2) is 35.9 Å². The van der Waals surface area contributed by atoms with Crippen LogP contribution in [0.2, 0.25) is 0 Å². The van der Waals surface area contributed by atoms with E-state index in [1.807, 2.05) is 50.2 Å². The van der Waals surface area contributed by atoms with Crippen LogP contribution in [0.25, 0.3) is 0 Å². The van der Waals surface area contributed by atoms with E-state index in [0.29, 0.717) is 35.8 Å². The fourth-order valence-corrected chi connectivity index (χ4v) is 2.80. The fourth-order valence-electron chi connectivity index (χ4n) is 2.80. The molecule has 0 unspecified atom stereocenters. The van der Waals surface area contributed by atoms with E-state index < -0.39 is 0 Å². The van der Waals surface area contributed by atoms with Gasteiger partial charge in [0.1, 0.15) is 23.0 Å². The van der Waals surface area contributed by atoms with Crippen molar-refractivity contribution in [3.8, 4) is 23.0 Å². The molecule has 6 nitrogen and oxygen atoms in total. The third kappa shape index (κ3) is 6.60. The van der Waals surface area contributed by atoms with E-state index in [1.165, 1.54) is 0 Å². The van der Waals surface area contributed by atoms with Crippen molar-refractivity contribution in [2.24, 2.45) is 9.98 Å². The summed E-state index contributed by atoms with van der Waals surface area (Å²) in [6, 6.07) is 17.7. The van der Waals surface area contributed by atoms with Crippen LogP contribution in [0.1, 0.15) is 37.8 Å². The van der Waals surface area contributed by atoms with Gasteiger partial charge >= 0.3 is 0 Å². The molecule has 0 aliphatic rings. The van der Waals surface area contributed by atoms with E-state index in [0.717, 1.165) is 24.2 Å². The van der Waals surface area contributed by atoms with Crippen LogP contribution in [0.3, 0.4) is 0 Å². The molecule has 0 saturated carbocycles. The first-order valence-electron chi connectivity index (χ1n) is 10.7. The van der Waals surface area contributed by atoms with Gasteiger partial charge in [-0.1, -0.05) is 13.8 Å². The summed E-state index contributed by atoms with van der Waals surface area (Å²) in [6.07, 6.45) is 5.03. The quantitative estimate of drug-likeness (QED) is 0.375. The summed E-state index contributed by atoms with van der Waals surface area (Å²) in [6.45, 7) is 5.28. The van der Waals surface area contributed by atoms with Gasteiger partial charge in [0.25, 0.3) is 0 Å². The molecule has 3 aromatic carbocycles. The minimum Gasteiger partial charge on any atom is -0.507 e. The third-order valence-corrected chi connectivity index (χ3v) is 4.50. The predicted octanol–water partition coefficient (Wildman–Crippen LogP) is 6.18. The van der Waals surface area contributed by atoms with Gasteiger partial charge in [-0.2, -0.15) is 0 Å². The topological polar surface area (TPSA) is 83.6 Å². The molecule has 166 valence electrons. The Morgan fingerprint density at radius 1 is 0.656 bits per heavy atom. The Hall–Kier alpha value is -3.80. The number of hydrogen-bond donors (Lipinski definition) is 2. The van der Waals surface area contributed by atoms with Crippen molar-refractivity contribution in [1.82, 2.24) is 0 Å². The zero-order valence-electron chi connectivity index (χ0n) is 18.4. The highest BCUT2D eigenvalue weighted by molar-refractivity contribution is 5.87. The average Bonchev–Trinajstić information content (AvgIpc) is 2.81. The second kappa shape index (κ2) is 11.6. The molecule has 6 heteroatoms. The predicted molar refractivity (Wildman–Crippen MR) is 129 cm³/mol. The minimum atomic E-state index is 0.120. The number of benzene rings is 3. The van der Waals surface area contributed by atoms with Crippen molar-refractivity contribution in [2.45, 2.75) is 26.7 Å². The molecule has 3 aromatic rings. The SMILES string of the molecule is CCCOc1ccc(C=Nc2ccc(N=Cc3ccc(OCCC)cc3O)cc2)c(O)c1. The number of aliphatic imine (C=N–C) groups is 2. The standard InChI is InChI=1S/C26H28N2O4/c1-3-13-31-23-11-5-19(25(29)15-23)17-27-21-7-9-22(10-8-21)28-18-20-6-12-24(16-26(20)30)32-14-4-2/h5-12,15-18,29-30H,3-4,13-14H2,1-2H3. The molecule has 0 spiro atoms. The average molecular weight is 433 g/mol. The molecule has 0 aliphatic heterocycles. The second-order valence-electron chi connectivity index (χ2n) is 7.17. The number of ether oxygens (including phenoxy) is 2. The highest BCUT2D eigenvalue weighted by Crippen LogP contribution is 2.25. The van der Waals surface area contributed by atoms with E-state index in [2.05, 4.69) is 9.98 Å². The van der Waals surface area contributed by atoms with Crippen molar-refractivity contribution in [1.29, 1.82) is 0 Å². The smallest absolute Gasteiger partial charge is 0.128 e. The normalized spacial score (nSPS) is 11.3. The maximum absolute atomic E-state index is 10.2. The lowest BCUT2D eigenvalue weighted by Crippen LogP contribution is -1.95. The molecule has 0 aliphatic carbocycles. The summed E-state index contributed by atoms with van der Waals surface area (Å²) in [5.41, 5.74) is 2.68. The Kier molecular flexibility index (Phi) is 8.26. The second-order valence-corrected chi connectivity index (χ2v) is 7.17. The Labute approximate surface area is 188 Å². The summed E-state index contributed by atoms with van der Waals surface area (Å²) >= 11 is 0. The molecular weight excluding hydrogens is 404 g/mol.